The number of carboxylic acids is 1. The molecule has 90 valence electrons. The van der Waals surface area contributed by atoms with Crippen LogP contribution < -0.4 is 5.32 Å². The Hall–Kier alpha value is -2.09. The molecule has 5 heteroatoms. The van der Waals surface area contributed by atoms with E-state index in [9.17, 15) is 4.79 Å². The minimum Gasteiger partial charge on any atom is -0.481 e. The number of pyridine rings is 1. The van der Waals surface area contributed by atoms with Gasteiger partial charge in [-0.1, -0.05) is 13.3 Å². The van der Waals surface area contributed by atoms with E-state index in [0.717, 1.165) is 12.8 Å². The molecule has 1 aromatic rings. The van der Waals surface area contributed by atoms with Gasteiger partial charge in [0.25, 0.3) is 0 Å². The van der Waals surface area contributed by atoms with Crippen molar-refractivity contribution in [1.82, 2.24) is 4.98 Å². The topological polar surface area (TPSA) is 86.0 Å². The van der Waals surface area contributed by atoms with Crippen molar-refractivity contribution in [2.24, 2.45) is 0 Å². The summed E-state index contributed by atoms with van der Waals surface area (Å²) < 4.78 is 0. The van der Waals surface area contributed by atoms with Crippen LogP contribution in [0.4, 0.5) is 5.82 Å². The highest BCUT2D eigenvalue weighted by Crippen LogP contribution is 2.12. The fourth-order valence-electron chi connectivity index (χ4n) is 1.57. The van der Waals surface area contributed by atoms with Crippen molar-refractivity contribution in [1.29, 1.82) is 5.26 Å². The van der Waals surface area contributed by atoms with Crippen molar-refractivity contribution in [3.63, 3.8) is 0 Å². The second-order valence-corrected chi connectivity index (χ2v) is 3.77. The number of carboxylic acid groups (broad SMARTS) is 1. The van der Waals surface area contributed by atoms with Crippen molar-refractivity contribution in [3.05, 3.63) is 23.9 Å². The summed E-state index contributed by atoms with van der Waals surface area (Å²) in [7, 11) is 0. The molecule has 0 aliphatic heterocycles. The molecule has 1 unspecified atom stereocenters. The van der Waals surface area contributed by atoms with Crippen LogP contribution in [0.25, 0.3) is 0 Å². The van der Waals surface area contributed by atoms with Gasteiger partial charge in [-0.2, -0.15) is 5.26 Å². The van der Waals surface area contributed by atoms with Gasteiger partial charge in [0.2, 0.25) is 0 Å². The van der Waals surface area contributed by atoms with Crippen LogP contribution >= 0.6 is 0 Å². The maximum Gasteiger partial charge on any atom is 0.305 e. The Bertz CT molecular complexity index is 426. The minimum atomic E-state index is -0.840. The number of aliphatic carboxylic acids is 1. The Balaban J connectivity index is 2.71. The second kappa shape index (κ2) is 6.48. The molecule has 0 aromatic carbocycles. The standard InChI is InChI=1S/C12H15N3O2/c1-2-3-10(7-12(16)17)15-11-6-9(8-13)4-5-14-11/h4-6,10H,2-3,7H2,1H3,(H,14,15)(H,16,17). The van der Waals surface area contributed by atoms with E-state index in [1.165, 1.54) is 6.20 Å². The van der Waals surface area contributed by atoms with Crippen LogP contribution in [0.15, 0.2) is 18.3 Å². The maximum absolute atomic E-state index is 10.7. The molecule has 17 heavy (non-hydrogen) atoms. The number of rotatable bonds is 6. The lowest BCUT2D eigenvalue weighted by molar-refractivity contribution is -0.137. The summed E-state index contributed by atoms with van der Waals surface area (Å²) in [5.74, 6) is -0.295. The first-order valence-electron chi connectivity index (χ1n) is 5.50. The molecular formula is C12H15N3O2. The van der Waals surface area contributed by atoms with Crippen LogP contribution in [0.5, 0.6) is 0 Å². The predicted molar refractivity (Wildman–Crippen MR) is 63.5 cm³/mol. The van der Waals surface area contributed by atoms with Gasteiger partial charge < -0.3 is 10.4 Å². The second-order valence-electron chi connectivity index (χ2n) is 3.77. The number of hydrogen-bond acceptors (Lipinski definition) is 4. The molecule has 1 aromatic heterocycles. The van der Waals surface area contributed by atoms with Gasteiger partial charge in [-0.3, -0.25) is 4.79 Å². The van der Waals surface area contributed by atoms with Gasteiger partial charge >= 0.3 is 5.97 Å². The molecule has 1 heterocycles. The van der Waals surface area contributed by atoms with Gasteiger partial charge in [-0.05, 0) is 18.6 Å². The van der Waals surface area contributed by atoms with Gasteiger partial charge in [0, 0.05) is 12.2 Å². The number of carbonyl (C=O) groups is 1. The molecule has 0 aliphatic carbocycles. The van der Waals surface area contributed by atoms with Crippen molar-refractivity contribution < 1.29 is 9.90 Å². The first-order chi connectivity index (χ1) is 8.15. The van der Waals surface area contributed by atoms with Gasteiger partial charge in [-0.25, -0.2) is 4.98 Å². The highest BCUT2D eigenvalue weighted by Gasteiger charge is 2.12. The molecule has 0 bridgehead atoms. The lowest BCUT2D eigenvalue weighted by Gasteiger charge is -2.16. The van der Waals surface area contributed by atoms with Crippen LogP contribution in [0.3, 0.4) is 0 Å². The van der Waals surface area contributed by atoms with E-state index in [1.807, 2.05) is 13.0 Å². The summed E-state index contributed by atoms with van der Waals surface area (Å²) in [4.78, 5) is 14.7. The third-order valence-electron chi connectivity index (χ3n) is 2.30. The van der Waals surface area contributed by atoms with Gasteiger partial charge in [-0.15, -0.1) is 0 Å². The summed E-state index contributed by atoms with van der Waals surface area (Å²) in [5, 5.41) is 20.6. The summed E-state index contributed by atoms with van der Waals surface area (Å²) in [5.41, 5.74) is 0.507. The lowest BCUT2D eigenvalue weighted by Crippen LogP contribution is -2.23. The molecule has 1 rings (SSSR count). The van der Waals surface area contributed by atoms with Gasteiger partial charge in [0.15, 0.2) is 0 Å². The third kappa shape index (κ3) is 4.51. The van der Waals surface area contributed by atoms with E-state index >= 15 is 0 Å². The summed E-state index contributed by atoms with van der Waals surface area (Å²) >= 11 is 0. The number of nitrogens with one attached hydrogen (secondary N) is 1. The molecule has 0 saturated carbocycles. The molecule has 2 N–H and O–H groups in total. The molecule has 5 nitrogen and oxygen atoms in total. The van der Waals surface area contributed by atoms with E-state index in [1.54, 1.807) is 12.1 Å². The van der Waals surface area contributed by atoms with E-state index in [0.29, 0.717) is 11.4 Å². The van der Waals surface area contributed by atoms with Crippen molar-refractivity contribution in [2.45, 2.75) is 32.2 Å². The number of anilines is 1. The van der Waals surface area contributed by atoms with E-state index in [-0.39, 0.29) is 12.5 Å². The zero-order valence-electron chi connectivity index (χ0n) is 9.68. The van der Waals surface area contributed by atoms with Crippen LogP contribution in [0.1, 0.15) is 31.7 Å². The highest BCUT2D eigenvalue weighted by atomic mass is 16.4. The van der Waals surface area contributed by atoms with Crippen LogP contribution in [0.2, 0.25) is 0 Å². The first kappa shape index (κ1) is 13.0. The largest absolute Gasteiger partial charge is 0.481 e. The Morgan fingerprint density at radius 1 is 1.71 bits per heavy atom. The Morgan fingerprint density at radius 2 is 2.47 bits per heavy atom. The third-order valence-corrected chi connectivity index (χ3v) is 2.30. The van der Waals surface area contributed by atoms with E-state index in [2.05, 4.69) is 10.3 Å². The van der Waals surface area contributed by atoms with Crippen LogP contribution in [0, 0.1) is 11.3 Å². The average molecular weight is 233 g/mol. The fraction of sp³-hybridized carbons (Fsp3) is 0.417. The summed E-state index contributed by atoms with van der Waals surface area (Å²) in [6.07, 6.45) is 3.23. The number of nitriles is 1. The van der Waals surface area contributed by atoms with Gasteiger partial charge in [0.1, 0.15) is 5.82 Å². The van der Waals surface area contributed by atoms with E-state index < -0.39 is 5.97 Å². The molecule has 0 fully saturated rings. The van der Waals surface area contributed by atoms with E-state index in [4.69, 9.17) is 10.4 Å². The molecule has 0 saturated heterocycles. The number of hydrogen-bond donors (Lipinski definition) is 2. The van der Waals surface area contributed by atoms with Crippen molar-refractivity contribution in [3.8, 4) is 6.07 Å². The Labute approximate surface area is 100 Å². The fourth-order valence-corrected chi connectivity index (χ4v) is 1.57. The maximum atomic E-state index is 10.7. The van der Waals surface area contributed by atoms with Crippen molar-refractivity contribution >= 4 is 11.8 Å². The predicted octanol–water partition coefficient (Wildman–Crippen LogP) is 2.01. The van der Waals surface area contributed by atoms with Crippen LogP contribution in [-0.4, -0.2) is 22.1 Å². The summed E-state index contributed by atoms with van der Waals surface area (Å²) in [6.45, 7) is 2.00. The Kier molecular flexibility index (Phi) is 4.95. The molecule has 0 radical (unpaired) electrons. The lowest BCUT2D eigenvalue weighted by atomic mass is 10.1. The zero-order valence-corrected chi connectivity index (χ0v) is 9.68. The van der Waals surface area contributed by atoms with Gasteiger partial charge in [0.05, 0.1) is 18.1 Å². The molecule has 1 atom stereocenters. The molecular weight excluding hydrogens is 218 g/mol. The average Bonchev–Trinajstić information content (AvgIpc) is 2.29. The summed E-state index contributed by atoms with van der Waals surface area (Å²) in [6, 6.07) is 5.09. The highest BCUT2D eigenvalue weighted by molar-refractivity contribution is 5.68. The molecule has 0 aliphatic rings. The monoisotopic (exact) mass is 233 g/mol. The molecule has 0 amide bonds. The molecule has 0 spiro atoms. The number of nitrogens with zero attached hydrogens (tertiary/aromatic N) is 2. The van der Waals surface area contributed by atoms with Crippen LogP contribution in [-0.2, 0) is 4.79 Å². The first-order valence-corrected chi connectivity index (χ1v) is 5.50. The zero-order chi connectivity index (χ0) is 12.7. The number of aromatic nitrogens is 1. The normalized spacial score (nSPS) is 11.5. The Morgan fingerprint density at radius 3 is 3.06 bits per heavy atom. The SMILES string of the molecule is CCCC(CC(=O)O)Nc1cc(C#N)ccn1. The minimum absolute atomic E-state index is 0.0479. The smallest absolute Gasteiger partial charge is 0.305 e. The van der Waals surface area contributed by atoms with Crippen molar-refractivity contribution in [2.75, 3.05) is 5.32 Å². The quantitative estimate of drug-likeness (QED) is 0.784.